The first-order valence-electron chi connectivity index (χ1n) is 20.1. The van der Waals surface area contributed by atoms with Gasteiger partial charge in [0.1, 0.15) is 0 Å². The Morgan fingerprint density at radius 3 is 2.09 bits per heavy atom. The van der Waals surface area contributed by atoms with Gasteiger partial charge in [-0.3, -0.25) is 5.41 Å². The molecule has 0 spiro atoms. The third-order valence-electron chi connectivity index (χ3n) is 12.0. The molecule has 4 aliphatic rings. The van der Waals surface area contributed by atoms with Gasteiger partial charge >= 0.3 is 0 Å². The van der Waals surface area contributed by atoms with E-state index in [2.05, 4.69) is 169 Å². The van der Waals surface area contributed by atoms with Crippen LogP contribution in [0.3, 0.4) is 0 Å². The molecular weight excluding hydrogens is 703 g/mol. The predicted octanol–water partition coefficient (Wildman–Crippen LogP) is 12.9. The standard InChI is InChI=1S/C55H43N3/c1-2-3-21-47(56)48(57)32-23-35-22-24-38-29-33-49(58-50(38)34-35)37-27-25-36(26-28-37)41-30-31-46-53-42(41)19-12-20-45(53)54-51(39-13-6-4-7-14-39)43-17-10-11-18-44(43)52(55(46)54)40-15-8-5-9-16-40/h2-30,32-34,46,50,57-58H,31,56H2,1H3/b3-2-,32-23-,47-21-,57-48?. The number of allylic oxidation sites excluding steroid dienone is 10. The zero-order valence-electron chi connectivity index (χ0n) is 32.4. The summed E-state index contributed by atoms with van der Waals surface area (Å²) >= 11 is 0. The van der Waals surface area contributed by atoms with Crippen LogP contribution >= 0.6 is 0 Å². The SMILES string of the molecule is C/C=C\C=C(/N)C(=N)/C=C\C1=CC2NC(c3ccc(C4=CCC5c6c4cccc6-c4c5c(-c5ccccc5)c5ccccc5c4-c4ccccc4)cc3)=CC=C2C=C1. The van der Waals surface area contributed by atoms with E-state index in [-0.39, 0.29) is 12.0 Å². The van der Waals surface area contributed by atoms with E-state index in [4.69, 9.17) is 11.1 Å². The minimum atomic E-state index is 0.0409. The van der Waals surface area contributed by atoms with Gasteiger partial charge in [0.2, 0.25) is 0 Å². The van der Waals surface area contributed by atoms with Crippen molar-refractivity contribution in [2.45, 2.75) is 25.3 Å². The second kappa shape index (κ2) is 14.7. The van der Waals surface area contributed by atoms with Crippen molar-refractivity contribution >= 4 is 27.8 Å². The zero-order chi connectivity index (χ0) is 39.2. The number of nitrogens with one attached hydrogen (secondary N) is 2. The van der Waals surface area contributed by atoms with Gasteiger partial charge in [0, 0.05) is 11.6 Å². The Morgan fingerprint density at radius 2 is 1.34 bits per heavy atom. The van der Waals surface area contributed by atoms with E-state index in [9.17, 15) is 0 Å². The molecule has 2 unspecified atom stereocenters. The second-order valence-corrected chi connectivity index (χ2v) is 15.3. The topological polar surface area (TPSA) is 61.9 Å². The van der Waals surface area contributed by atoms with Crippen molar-refractivity contribution in [3.05, 3.63) is 239 Å². The molecule has 0 saturated carbocycles. The molecule has 0 bridgehead atoms. The lowest BCUT2D eigenvalue weighted by molar-refractivity contribution is 0.809. The van der Waals surface area contributed by atoms with Crippen LogP contribution in [0.1, 0.15) is 47.1 Å². The Kier molecular flexibility index (Phi) is 8.92. The molecule has 0 fully saturated rings. The van der Waals surface area contributed by atoms with Crippen LogP contribution in [-0.4, -0.2) is 11.8 Å². The van der Waals surface area contributed by atoms with E-state index >= 15 is 0 Å². The van der Waals surface area contributed by atoms with Crippen LogP contribution in [0.15, 0.2) is 211 Å². The second-order valence-electron chi connectivity index (χ2n) is 15.3. The fourth-order valence-electron chi connectivity index (χ4n) is 9.31. The minimum Gasteiger partial charge on any atom is -0.397 e. The van der Waals surface area contributed by atoms with Gasteiger partial charge in [-0.2, -0.15) is 0 Å². The van der Waals surface area contributed by atoms with E-state index in [0.29, 0.717) is 11.4 Å². The summed E-state index contributed by atoms with van der Waals surface area (Å²) in [5.41, 5.74) is 26.0. The van der Waals surface area contributed by atoms with Gasteiger partial charge in [0.05, 0.1) is 17.5 Å². The average molecular weight is 746 g/mol. The molecule has 10 rings (SSSR count). The Morgan fingerprint density at radius 1 is 0.672 bits per heavy atom. The maximum absolute atomic E-state index is 8.31. The predicted molar refractivity (Wildman–Crippen MR) is 244 cm³/mol. The van der Waals surface area contributed by atoms with Crippen LogP contribution < -0.4 is 11.1 Å². The van der Waals surface area contributed by atoms with E-state index < -0.39 is 0 Å². The van der Waals surface area contributed by atoms with E-state index in [1.807, 2.05) is 25.2 Å². The van der Waals surface area contributed by atoms with Crippen molar-refractivity contribution < 1.29 is 0 Å². The third-order valence-corrected chi connectivity index (χ3v) is 12.0. The molecule has 0 amide bonds. The maximum atomic E-state index is 8.31. The van der Waals surface area contributed by atoms with Gasteiger partial charge in [-0.1, -0.05) is 176 Å². The van der Waals surface area contributed by atoms with Crippen LogP contribution in [-0.2, 0) is 0 Å². The lowest BCUT2D eigenvalue weighted by Crippen LogP contribution is -2.31. The first-order valence-corrected chi connectivity index (χ1v) is 20.1. The molecule has 1 aliphatic heterocycles. The molecule has 58 heavy (non-hydrogen) atoms. The average Bonchev–Trinajstić information content (AvgIpc) is 3.61. The van der Waals surface area contributed by atoms with Crippen LogP contribution in [0.2, 0.25) is 0 Å². The smallest absolute Gasteiger partial charge is 0.0769 e. The highest BCUT2D eigenvalue weighted by Crippen LogP contribution is 2.60. The summed E-state index contributed by atoms with van der Waals surface area (Å²) < 4.78 is 0. The van der Waals surface area contributed by atoms with Gasteiger partial charge < -0.3 is 11.1 Å². The fraction of sp³-hybridized carbons (Fsp3) is 0.0727. The molecule has 3 heteroatoms. The summed E-state index contributed by atoms with van der Waals surface area (Å²) in [6.07, 6.45) is 23.4. The Labute approximate surface area is 340 Å². The Bertz CT molecular complexity index is 2890. The minimum absolute atomic E-state index is 0.0409. The van der Waals surface area contributed by atoms with Crippen molar-refractivity contribution in [2.24, 2.45) is 5.73 Å². The number of hydrogen-bond donors (Lipinski definition) is 3. The van der Waals surface area contributed by atoms with Crippen molar-refractivity contribution in [1.29, 1.82) is 5.41 Å². The molecule has 0 saturated heterocycles. The summed E-state index contributed by atoms with van der Waals surface area (Å²) in [5.74, 6) is 0.263. The normalized spacial score (nSPS) is 17.9. The monoisotopic (exact) mass is 745 g/mol. The molecule has 6 aromatic rings. The van der Waals surface area contributed by atoms with Crippen LogP contribution in [0.25, 0.3) is 55.4 Å². The van der Waals surface area contributed by atoms with E-state index in [0.717, 1.165) is 23.3 Å². The van der Waals surface area contributed by atoms with E-state index in [1.54, 1.807) is 12.2 Å². The van der Waals surface area contributed by atoms with Crippen molar-refractivity contribution in [2.75, 3.05) is 0 Å². The third kappa shape index (κ3) is 6.04. The van der Waals surface area contributed by atoms with Gasteiger partial charge in [-0.05, 0) is 120 Å². The Balaban J connectivity index is 0.993. The van der Waals surface area contributed by atoms with Gasteiger partial charge in [-0.15, -0.1) is 0 Å². The summed E-state index contributed by atoms with van der Waals surface area (Å²) in [5, 5.41) is 14.7. The van der Waals surface area contributed by atoms with Crippen molar-refractivity contribution in [1.82, 2.24) is 5.32 Å². The fourth-order valence-corrected chi connectivity index (χ4v) is 9.31. The number of nitrogens with two attached hydrogens (primary N) is 1. The maximum Gasteiger partial charge on any atom is 0.0769 e. The van der Waals surface area contributed by atoms with Gasteiger partial charge in [-0.25, -0.2) is 0 Å². The molecule has 3 aliphatic carbocycles. The largest absolute Gasteiger partial charge is 0.397 e. The number of hydrogen-bond acceptors (Lipinski definition) is 3. The number of dihydropyridines is 1. The zero-order valence-corrected chi connectivity index (χ0v) is 32.4. The van der Waals surface area contributed by atoms with Crippen LogP contribution in [0.4, 0.5) is 0 Å². The number of rotatable bonds is 8. The van der Waals surface area contributed by atoms with E-state index in [1.165, 1.54) is 77.6 Å². The quantitative estimate of drug-likeness (QED) is 0.107. The molecule has 2 atom stereocenters. The highest BCUT2D eigenvalue weighted by atomic mass is 14.9. The van der Waals surface area contributed by atoms with Crippen molar-refractivity contribution in [3.8, 4) is 33.4 Å². The van der Waals surface area contributed by atoms with Crippen LogP contribution in [0, 0.1) is 5.41 Å². The molecule has 0 aromatic heterocycles. The van der Waals surface area contributed by atoms with Crippen molar-refractivity contribution in [3.63, 3.8) is 0 Å². The number of fused-ring (bicyclic) bond motifs is 5. The molecule has 1 heterocycles. The highest BCUT2D eigenvalue weighted by molar-refractivity contribution is 6.15. The Hall–Kier alpha value is -7.23. The molecule has 0 radical (unpaired) electrons. The molecule has 4 N–H and O–H groups in total. The first-order chi connectivity index (χ1) is 28.6. The highest BCUT2D eigenvalue weighted by Gasteiger charge is 2.38. The number of benzene rings is 6. The molecule has 3 nitrogen and oxygen atoms in total. The molecular formula is C55H43N3. The summed E-state index contributed by atoms with van der Waals surface area (Å²) in [4.78, 5) is 0. The lowest BCUT2D eigenvalue weighted by atomic mass is 9.77. The summed E-state index contributed by atoms with van der Waals surface area (Å²) in [6.45, 7) is 1.93. The van der Waals surface area contributed by atoms with Gasteiger partial charge in [0.25, 0.3) is 0 Å². The molecule has 278 valence electrons. The summed E-state index contributed by atoms with van der Waals surface area (Å²) in [7, 11) is 0. The lowest BCUT2D eigenvalue weighted by Gasteiger charge is -2.27. The first kappa shape index (κ1) is 35.2. The van der Waals surface area contributed by atoms with Crippen LogP contribution in [0.5, 0.6) is 0 Å². The molecule has 6 aromatic carbocycles. The van der Waals surface area contributed by atoms with Gasteiger partial charge in [0.15, 0.2) is 0 Å². The summed E-state index contributed by atoms with van der Waals surface area (Å²) in [6, 6.07) is 47.0.